The number of aryl methyl sites for hydroxylation is 1. The fourth-order valence-electron chi connectivity index (χ4n) is 2.51. The molecule has 0 spiro atoms. The number of aromatic nitrogens is 2. The predicted molar refractivity (Wildman–Crippen MR) is 85.8 cm³/mol. The molecule has 120 valence electrons. The molecule has 1 aromatic carbocycles. The molecule has 1 aromatic heterocycles. The number of imidazole rings is 1. The van der Waals surface area contributed by atoms with Gasteiger partial charge in [-0.1, -0.05) is 19.1 Å². The van der Waals surface area contributed by atoms with E-state index in [-0.39, 0.29) is 18.1 Å². The van der Waals surface area contributed by atoms with Gasteiger partial charge in [0.15, 0.2) is 0 Å². The van der Waals surface area contributed by atoms with Gasteiger partial charge in [-0.25, -0.2) is 4.79 Å². The lowest BCUT2D eigenvalue weighted by Crippen LogP contribution is -2.34. The fourth-order valence-corrected chi connectivity index (χ4v) is 2.51. The summed E-state index contributed by atoms with van der Waals surface area (Å²) in [6.45, 7) is 4.77. The first-order valence-electron chi connectivity index (χ1n) is 7.71. The van der Waals surface area contributed by atoms with Gasteiger partial charge in [-0.05, 0) is 31.9 Å². The van der Waals surface area contributed by atoms with Gasteiger partial charge in [-0.15, -0.1) is 0 Å². The average molecular weight is 305 g/mol. The Morgan fingerprint density at radius 2 is 1.86 bits per heavy atom. The molecular formula is C16H23N3O3. The lowest BCUT2D eigenvalue weighted by atomic mass is 10.2. The number of hydrogen-bond acceptors (Lipinski definition) is 3. The normalized spacial score (nSPS) is 12.5. The molecule has 6 nitrogen and oxygen atoms in total. The van der Waals surface area contributed by atoms with Gasteiger partial charge in [0, 0.05) is 13.1 Å². The van der Waals surface area contributed by atoms with Crippen LogP contribution in [0.5, 0.6) is 0 Å². The van der Waals surface area contributed by atoms with Crippen LogP contribution in [-0.2, 0) is 17.9 Å². The molecule has 0 aliphatic heterocycles. The molecule has 0 saturated carbocycles. The van der Waals surface area contributed by atoms with Gasteiger partial charge < -0.3 is 10.4 Å². The van der Waals surface area contributed by atoms with E-state index in [1.165, 1.54) is 4.57 Å². The SMILES string of the molecule is CCC(O)CCNC(=O)Cn1c(=O)n(CC)c2ccccc21. The molecule has 0 aliphatic carbocycles. The molecule has 2 aromatic rings. The third-order valence-corrected chi connectivity index (χ3v) is 3.81. The number of aliphatic hydroxyl groups excluding tert-OH is 1. The minimum Gasteiger partial charge on any atom is -0.393 e. The van der Waals surface area contributed by atoms with Crippen LogP contribution >= 0.6 is 0 Å². The zero-order valence-electron chi connectivity index (χ0n) is 13.1. The third kappa shape index (κ3) is 3.39. The van der Waals surface area contributed by atoms with Crippen LogP contribution in [-0.4, -0.2) is 32.8 Å². The first kappa shape index (κ1) is 16.3. The van der Waals surface area contributed by atoms with E-state index in [0.29, 0.717) is 25.9 Å². The zero-order chi connectivity index (χ0) is 16.1. The van der Waals surface area contributed by atoms with Gasteiger partial charge in [0.2, 0.25) is 5.91 Å². The second-order valence-corrected chi connectivity index (χ2v) is 5.30. The van der Waals surface area contributed by atoms with Crippen LogP contribution in [0.2, 0.25) is 0 Å². The summed E-state index contributed by atoms with van der Waals surface area (Å²) in [6.07, 6.45) is 0.790. The van der Waals surface area contributed by atoms with E-state index in [0.717, 1.165) is 11.0 Å². The molecule has 1 atom stereocenters. The van der Waals surface area contributed by atoms with Gasteiger partial charge in [-0.2, -0.15) is 0 Å². The number of aliphatic hydroxyl groups is 1. The Bertz CT molecular complexity index is 702. The zero-order valence-corrected chi connectivity index (χ0v) is 13.1. The Morgan fingerprint density at radius 1 is 1.23 bits per heavy atom. The summed E-state index contributed by atoms with van der Waals surface area (Å²) in [5.74, 6) is -0.218. The van der Waals surface area contributed by atoms with E-state index in [1.807, 2.05) is 38.1 Å². The number of rotatable bonds is 7. The second kappa shape index (κ2) is 7.26. The Hall–Kier alpha value is -2.08. The van der Waals surface area contributed by atoms with Gasteiger partial charge in [0.1, 0.15) is 6.54 Å². The molecule has 0 aliphatic rings. The quantitative estimate of drug-likeness (QED) is 0.804. The van der Waals surface area contributed by atoms with E-state index in [9.17, 15) is 14.7 Å². The monoisotopic (exact) mass is 305 g/mol. The van der Waals surface area contributed by atoms with Crippen molar-refractivity contribution < 1.29 is 9.90 Å². The smallest absolute Gasteiger partial charge is 0.329 e. The molecule has 2 rings (SSSR count). The van der Waals surface area contributed by atoms with E-state index < -0.39 is 6.10 Å². The van der Waals surface area contributed by atoms with Crippen LogP contribution < -0.4 is 11.0 Å². The van der Waals surface area contributed by atoms with Crippen molar-refractivity contribution in [2.45, 2.75) is 45.9 Å². The van der Waals surface area contributed by atoms with E-state index in [2.05, 4.69) is 5.32 Å². The molecule has 2 N–H and O–H groups in total. The van der Waals surface area contributed by atoms with Crippen molar-refractivity contribution >= 4 is 16.9 Å². The first-order valence-corrected chi connectivity index (χ1v) is 7.71. The van der Waals surface area contributed by atoms with E-state index >= 15 is 0 Å². The second-order valence-electron chi connectivity index (χ2n) is 5.30. The number of fused-ring (bicyclic) bond motifs is 1. The highest BCUT2D eigenvalue weighted by molar-refractivity contribution is 5.80. The molecule has 1 unspecified atom stereocenters. The van der Waals surface area contributed by atoms with Crippen LogP contribution in [0, 0.1) is 0 Å². The highest BCUT2D eigenvalue weighted by atomic mass is 16.3. The largest absolute Gasteiger partial charge is 0.393 e. The number of nitrogens with one attached hydrogen (secondary N) is 1. The summed E-state index contributed by atoms with van der Waals surface area (Å²) in [4.78, 5) is 24.4. The number of carbonyl (C=O) groups is 1. The fraction of sp³-hybridized carbons (Fsp3) is 0.500. The van der Waals surface area contributed by atoms with Crippen LogP contribution in [0.1, 0.15) is 26.7 Å². The molecule has 6 heteroatoms. The van der Waals surface area contributed by atoms with Crippen molar-refractivity contribution in [1.82, 2.24) is 14.5 Å². The molecule has 0 bridgehead atoms. The maximum absolute atomic E-state index is 12.4. The molecule has 0 fully saturated rings. The van der Waals surface area contributed by atoms with Crippen LogP contribution in [0.15, 0.2) is 29.1 Å². The van der Waals surface area contributed by atoms with Crippen molar-refractivity contribution in [2.24, 2.45) is 0 Å². The lowest BCUT2D eigenvalue weighted by molar-refractivity contribution is -0.121. The third-order valence-electron chi connectivity index (χ3n) is 3.81. The van der Waals surface area contributed by atoms with Crippen LogP contribution in [0.25, 0.3) is 11.0 Å². The number of nitrogens with zero attached hydrogens (tertiary/aromatic N) is 2. The molecular weight excluding hydrogens is 282 g/mol. The topological polar surface area (TPSA) is 76.3 Å². The molecule has 0 saturated heterocycles. The number of carbonyl (C=O) groups excluding carboxylic acids is 1. The molecule has 1 heterocycles. The van der Waals surface area contributed by atoms with Crippen molar-refractivity contribution in [3.05, 3.63) is 34.7 Å². The summed E-state index contributed by atoms with van der Waals surface area (Å²) >= 11 is 0. The highest BCUT2D eigenvalue weighted by Crippen LogP contribution is 2.12. The summed E-state index contributed by atoms with van der Waals surface area (Å²) < 4.78 is 3.15. The number of amides is 1. The predicted octanol–water partition coefficient (Wildman–Crippen LogP) is 1.10. The van der Waals surface area contributed by atoms with Crippen LogP contribution in [0.4, 0.5) is 0 Å². The van der Waals surface area contributed by atoms with E-state index in [1.54, 1.807) is 4.57 Å². The van der Waals surface area contributed by atoms with Crippen molar-refractivity contribution in [3.8, 4) is 0 Å². The Balaban J connectivity index is 2.13. The minimum atomic E-state index is -0.398. The Labute approximate surface area is 129 Å². The summed E-state index contributed by atoms with van der Waals surface area (Å²) in [7, 11) is 0. The van der Waals surface area contributed by atoms with Gasteiger partial charge in [0.25, 0.3) is 0 Å². The van der Waals surface area contributed by atoms with Crippen molar-refractivity contribution in [1.29, 1.82) is 0 Å². The van der Waals surface area contributed by atoms with Gasteiger partial charge >= 0.3 is 5.69 Å². The van der Waals surface area contributed by atoms with Crippen LogP contribution in [0.3, 0.4) is 0 Å². The number of para-hydroxylation sites is 2. The van der Waals surface area contributed by atoms with E-state index in [4.69, 9.17) is 0 Å². The lowest BCUT2D eigenvalue weighted by Gasteiger charge is -2.09. The maximum Gasteiger partial charge on any atom is 0.329 e. The van der Waals surface area contributed by atoms with Gasteiger partial charge in [0.05, 0.1) is 17.1 Å². The Morgan fingerprint density at radius 3 is 2.45 bits per heavy atom. The minimum absolute atomic E-state index is 0.00539. The Kier molecular flexibility index (Phi) is 5.38. The van der Waals surface area contributed by atoms with Crippen molar-refractivity contribution in [2.75, 3.05) is 6.54 Å². The molecule has 22 heavy (non-hydrogen) atoms. The summed E-state index contributed by atoms with van der Waals surface area (Å²) in [6, 6.07) is 7.46. The number of benzene rings is 1. The molecule has 1 amide bonds. The maximum atomic E-state index is 12.4. The highest BCUT2D eigenvalue weighted by Gasteiger charge is 2.14. The standard InChI is InChI=1S/C16H23N3O3/c1-3-12(20)9-10-17-15(21)11-19-14-8-6-5-7-13(14)18(4-2)16(19)22/h5-8,12,20H,3-4,9-11H2,1-2H3,(H,17,21). The average Bonchev–Trinajstić information content (AvgIpc) is 2.79. The summed E-state index contributed by atoms with van der Waals surface area (Å²) in [5, 5.41) is 12.2. The first-order chi connectivity index (χ1) is 10.6. The number of hydrogen-bond donors (Lipinski definition) is 2. The van der Waals surface area contributed by atoms with Gasteiger partial charge in [-0.3, -0.25) is 13.9 Å². The van der Waals surface area contributed by atoms with Crippen molar-refractivity contribution in [3.63, 3.8) is 0 Å². The summed E-state index contributed by atoms with van der Waals surface area (Å²) in [5.41, 5.74) is 1.43. The molecule has 0 radical (unpaired) electrons.